The zero-order chi connectivity index (χ0) is 17.0. The standard InChI is InChI=1S/C22H27N/c1-17-9-7-8-10-21(17)22(3,4)18(2)11-12-19-13-15-20(16-14-19)23(5)6/h7-16H,2H2,1,3-6H3. The van der Waals surface area contributed by atoms with E-state index in [1.165, 1.54) is 22.4 Å². The van der Waals surface area contributed by atoms with Gasteiger partial charge in [0.1, 0.15) is 0 Å². The van der Waals surface area contributed by atoms with Crippen LogP contribution in [-0.2, 0) is 5.41 Å². The quantitative estimate of drug-likeness (QED) is 0.649. The van der Waals surface area contributed by atoms with Crippen molar-refractivity contribution >= 4 is 11.8 Å². The molecule has 0 aliphatic carbocycles. The van der Waals surface area contributed by atoms with E-state index < -0.39 is 0 Å². The predicted octanol–water partition coefficient (Wildman–Crippen LogP) is 5.61. The van der Waals surface area contributed by atoms with Gasteiger partial charge < -0.3 is 4.90 Å². The molecule has 2 aromatic carbocycles. The summed E-state index contributed by atoms with van der Waals surface area (Å²) in [5, 5.41) is 0. The van der Waals surface area contributed by atoms with E-state index >= 15 is 0 Å². The number of rotatable bonds is 5. The Morgan fingerprint density at radius 2 is 1.61 bits per heavy atom. The number of allylic oxidation sites excluding steroid dienone is 2. The average Bonchev–Trinajstić information content (AvgIpc) is 2.53. The van der Waals surface area contributed by atoms with E-state index in [9.17, 15) is 0 Å². The van der Waals surface area contributed by atoms with Gasteiger partial charge in [-0.2, -0.15) is 0 Å². The van der Waals surface area contributed by atoms with Gasteiger partial charge in [0.25, 0.3) is 0 Å². The summed E-state index contributed by atoms with van der Waals surface area (Å²) in [6.45, 7) is 10.9. The average molecular weight is 305 g/mol. The van der Waals surface area contributed by atoms with Crippen LogP contribution < -0.4 is 4.90 Å². The normalized spacial score (nSPS) is 11.7. The maximum absolute atomic E-state index is 4.31. The molecule has 2 rings (SSSR count). The van der Waals surface area contributed by atoms with Gasteiger partial charge >= 0.3 is 0 Å². The van der Waals surface area contributed by atoms with Crippen LogP contribution in [0.5, 0.6) is 0 Å². The van der Waals surface area contributed by atoms with Gasteiger partial charge in [0.05, 0.1) is 0 Å². The first-order chi connectivity index (χ1) is 10.8. The Hall–Kier alpha value is -2.28. The molecule has 23 heavy (non-hydrogen) atoms. The molecule has 0 aromatic heterocycles. The molecule has 0 heterocycles. The van der Waals surface area contributed by atoms with Crippen molar-refractivity contribution in [2.45, 2.75) is 26.2 Å². The van der Waals surface area contributed by atoms with Crippen molar-refractivity contribution in [3.8, 4) is 0 Å². The highest BCUT2D eigenvalue weighted by Crippen LogP contribution is 2.33. The molecular weight excluding hydrogens is 278 g/mol. The zero-order valence-corrected chi connectivity index (χ0v) is 14.9. The van der Waals surface area contributed by atoms with Crippen molar-refractivity contribution < 1.29 is 0 Å². The van der Waals surface area contributed by atoms with E-state index in [0.717, 1.165) is 5.57 Å². The topological polar surface area (TPSA) is 3.24 Å². The van der Waals surface area contributed by atoms with Gasteiger partial charge in [-0.3, -0.25) is 0 Å². The Labute approximate surface area is 141 Å². The highest BCUT2D eigenvalue weighted by molar-refractivity contribution is 5.59. The third kappa shape index (κ3) is 3.92. The first-order valence-electron chi connectivity index (χ1n) is 8.03. The van der Waals surface area contributed by atoms with Crippen molar-refractivity contribution in [3.63, 3.8) is 0 Å². The molecule has 2 aromatic rings. The van der Waals surface area contributed by atoms with Crippen LogP contribution in [0.2, 0.25) is 0 Å². The number of aryl methyl sites for hydroxylation is 1. The lowest BCUT2D eigenvalue weighted by Crippen LogP contribution is -2.19. The van der Waals surface area contributed by atoms with E-state index in [-0.39, 0.29) is 5.41 Å². The van der Waals surface area contributed by atoms with Crippen LogP contribution in [0.25, 0.3) is 6.08 Å². The van der Waals surface area contributed by atoms with Crippen LogP contribution >= 0.6 is 0 Å². The minimum absolute atomic E-state index is 0.0780. The first kappa shape index (κ1) is 17.1. The summed E-state index contributed by atoms with van der Waals surface area (Å²) in [7, 11) is 4.11. The van der Waals surface area contributed by atoms with Gasteiger partial charge in [-0.05, 0) is 41.3 Å². The minimum Gasteiger partial charge on any atom is -0.378 e. The predicted molar refractivity (Wildman–Crippen MR) is 103 cm³/mol. The van der Waals surface area contributed by atoms with E-state index in [1.54, 1.807) is 0 Å². The van der Waals surface area contributed by atoms with Crippen LogP contribution in [0.3, 0.4) is 0 Å². The Bertz CT molecular complexity index is 703. The summed E-state index contributed by atoms with van der Waals surface area (Å²) in [5.41, 5.74) is 6.08. The van der Waals surface area contributed by atoms with E-state index in [0.29, 0.717) is 0 Å². The van der Waals surface area contributed by atoms with Crippen LogP contribution in [-0.4, -0.2) is 14.1 Å². The molecule has 0 saturated carbocycles. The summed E-state index contributed by atoms with van der Waals surface area (Å²) < 4.78 is 0. The summed E-state index contributed by atoms with van der Waals surface area (Å²) in [4.78, 5) is 2.10. The molecule has 1 heteroatoms. The molecule has 1 nitrogen and oxygen atoms in total. The minimum atomic E-state index is -0.0780. The Morgan fingerprint density at radius 1 is 1.00 bits per heavy atom. The number of anilines is 1. The summed E-state index contributed by atoms with van der Waals surface area (Å²) in [6.07, 6.45) is 4.28. The second-order valence-electron chi connectivity index (χ2n) is 6.78. The Balaban J connectivity index is 2.19. The fourth-order valence-electron chi connectivity index (χ4n) is 2.74. The van der Waals surface area contributed by atoms with E-state index in [4.69, 9.17) is 0 Å². The largest absolute Gasteiger partial charge is 0.378 e. The molecule has 0 unspecified atom stereocenters. The SMILES string of the molecule is C=C(C=Cc1ccc(N(C)C)cc1)C(C)(C)c1ccccc1C. The van der Waals surface area contributed by atoms with Gasteiger partial charge in [-0.15, -0.1) is 0 Å². The van der Waals surface area contributed by atoms with E-state index in [1.807, 2.05) is 0 Å². The molecule has 0 N–H and O–H groups in total. The van der Waals surface area contributed by atoms with Crippen molar-refractivity contribution in [1.82, 2.24) is 0 Å². The molecule has 0 aliphatic heterocycles. The van der Waals surface area contributed by atoms with Gasteiger partial charge in [-0.1, -0.05) is 69.0 Å². The van der Waals surface area contributed by atoms with Crippen molar-refractivity contribution in [2.24, 2.45) is 0 Å². The maximum atomic E-state index is 4.31. The molecule has 0 bridgehead atoms. The highest BCUT2D eigenvalue weighted by atomic mass is 15.1. The Morgan fingerprint density at radius 3 is 2.17 bits per heavy atom. The molecular formula is C22H27N. The third-order valence-corrected chi connectivity index (χ3v) is 4.51. The van der Waals surface area contributed by atoms with E-state index in [2.05, 4.69) is 107 Å². The molecule has 0 aliphatic rings. The second-order valence-corrected chi connectivity index (χ2v) is 6.78. The molecule has 120 valence electrons. The van der Waals surface area contributed by atoms with Gasteiger partial charge in [0.2, 0.25) is 0 Å². The summed E-state index contributed by atoms with van der Waals surface area (Å²) in [5.74, 6) is 0. The number of nitrogens with zero attached hydrogens (tertiary/aromatic N) is 1. The fraction of sp³-hybridized carbons (Fsp3) is 0.273. The molecule has 0 fully saturated rings. The smallest absolute Gasteiger partial charge is 0.0361 e. The van der Waals surface area contributed by atoms with Gasteiger partial charge in [0, 0.05) is 25.2 Å². The van der Waals surface area contributed by atoms with Crippen molar-refractivity contribution in [1.29, 1.82) is 0 Å². The lowest BCUT2D eigenvalue weighted by atomic mass is 9.76. The van der Waals surface area contributed by atoms with Gasteiger partial charge in [0.15, 0.2) is 0 Å². The second kappa shape index (κ2) is 6.87. The zero-order valence-electron chi connectivity index (χ0n) is 14.9. The van der Waals surface area contributed by atoms with Gasteiger partial charge in [-0.25, -0.2) is 0 Å². The van der Waals surface area contributed by atoms with Crippen LogP contribution in [0.1, 0.15) is 30.5 Å². The molecule has 0 spiro atoms. The molecule has 0 radical (unpaired) electrons. The Kier molecular flexibility index (Phi) is 5.10. The lowest BCUT2D eigenvalue weighted by Gasteiger charge is -2.28. The lowest BCUT2D eigenvalue weighted by molar-refractivity contribution is 0.637. The fourth-order valence-corrected chi connectivity index (χ4v) is 2.74. The van der Waals surface area contributed by atoms with Crippen LogP contribution in [0.15, 0.2) is 66.8 Å². The summed E-state index contributed by atoms with van der Waals surface area (Å²) in [6, 6.07) is 17.1. The van der Waals surface area contributed by atoms with Crippen LogP contribution in [0.4, 0.5) is 5.69 Å². The van der Waals surface area contributed by atoms with Crippen molar-refractivity contribution in [2.75, 3.05) is 19.0 Å². The highest BCUT2D eigenvalue weighted by Gasteiger charge is 2.23. The molecule has 0 saturated heterocycles. The molecule has 0 amide bonds. The number of hydrogen-bond acceptors (Lipinski definition) is 1. The maximum Gasteiger partial charge on any atom is 0.0361 e. The molecule has 0 atom stereocenters. The first-order valence-corrected chi connectivity index (χ1v) is 8.03. The van der Waals surface area contributed by atoms with Crippen molar-refractivity contribution in [3.05, 3.63) is 83.4 Å². The number of benzene rings is 2. The monoisotopic (exact) mass is 305 g/mol. The third-order valence-electron chi connectivity index (χ3n) is 4.51. The summed E-state index contributed by atoms with van der Waals surface area (Å²) >= 11 is 0. The van der Waals surface area contributed by atoms with Crippen LogP contribution in [0, 0.1) is 6.92 Å². The number of hydrogen-bond donors (Lipinski definition) is 0.